The summed E-state index contributed by atoms with van der Waals surface area (Å²) in [6.07, 6.45) is -6.47. The Morgan fingerprint density at radius 1 is 1.13 bits per heavy atom. The smallest absolute Gasteiger partial charge is 0.386 e. The van der Waals surface area contributed by atoms with Gasteiger partial charge in [0.05, 0.1) is 11.6 Å². The van der Waals surface area contributed by atoms with E-state index in [2.05, 4.69) is 10.5 Å². The maximum Gasteiger partial charge on any atom is 0.401 e. The maximum absolute atomic E-state index is 14.5. The molecule has 4 nitrogen and oxygen atoms in total. The van der Waals surface area contributed by atoms with Crippen molar-refractivity contribution in [1.82, 2.24) is 5.32 Å². The van der Waals surface area contributed by atoms with Crippen molar-refractivity contribution in [3.05, 3.63) is 68.4 Å². The number of alkyl halides is 3. The van der Waals surface area contributed by atoms with Gasteiger partial charge in [-0.1, -0.05) is 40.5 Å². The number of ether oxygens (including phenoxy) is 1. The molecule has 3 heterocycles. The van der Waals surface area contributed by atoms with Crippen molar-refractivity contribution in [3.8, 4) is 0 Å². The van der Waals surface area contributed by atoms with E-state index in [4.69, 9.17) is 32.8 Å². The highest BCUT2D eigenvalue weighted by Crippen LogP contribution is 2.47. The van der Waals surface area contributed by atoms with Crippen molar-refractivity contribution in [2.75, 3.05) is 13.1 Å². The van der Waals surface area contributed by atoms with Gasteiger partial charge in [0.15, 0.2) is 6.10 Å². The molecule has 0 bridgehead atoms. The third-order valence-corrected chi connectivity index (χ3v) is 6.25. The van der Waals surface area contributed by atoms with Crippen LogP contribution in [-0.4, -0.2) is 25.0 Å². The average molecular weight is 461 g/mol. The van der Waals surface area contributed by atoms with Gasteiger partial charge >= 0.3 is 6.18 Å². The van der Waals surface area contributed by atoms with Crippen LogP contribution < -0.4 is 5.32 Å². The summed E-state index contributed by atoms with van der Waals surface area (Å²) >= 11 is 11.7. The highest BCUT2D eigenvalue weighted by Gasteiger charge is 2.55. The molecule has 2 atom stereocenters. The molecule has 3 aliphatic rings. The van der Waals surface area contributed by atoms with E-state index in [0.717, 1.165) is 23.3 Å². The van der Waals surface area contributed by atoms with E-state index < -0.39 is 35.2 Å². The van der Waals surface area contributed by atoms with Gasteiger partial charge in [-0.2, -0.15) is 13.2 Å². The van der Waals surface area contributed by atoms with Gasteiger partial charge in [-0.25, -0.2) is 4.39 Å². The van der Waals surface area contributed by atoms with Gasteiger partial charge in [0.25, 0.3) is 0 Å². The molecule has 0 aliphatic carbocycles. The predicted molar refractivity (Wildman–Crippen MR) is 102 cm³/mol. The molecule has 10 heteroatoms. The largest absolute Gasteiger partial charge is 0.401 e. The standard InChI is InChI=1S/C20H14Cl2F4N2O2/c21-11-4-12(16(23)14(22)5-11)18-15(20(24,25)26)17(28-30-18)9-1-2-13-10(3-9)6-29-19(13)7-27-8-19/h1-5,15,18,27H,6-8H2. The van der Waals surface area contributed by atoms with Crippen molar-refractivity contribution in [3.63, 3.8) is 0 Å². The molecule has 5 rings (SSSR count). The molecular formula is C20H14Cl2F4N2O2. The van der Waals surface area contributed by atoms with Crippen LogP contribution in [0.25, 0.3) is 0 Å². The molecule has 1 fully saturated rings. The lowest BCUT2D eigenvalue weighted by Gasteiger charge is -2.39. The molecule has 30 heavy (non-hydrogen) atoms. The minimum atomic E-state index is -4.74. The summed E-state index contributed by atoms with van der Waals surface area (Å²) in [6.45, 7) is 1.62. The molecule has 2 aromatic rings. The first-order valence-corrected chi connectivity index (χ1v) is 9.88. The highest BCUT2D eigenvalue weighted by molar-refractivity contribution is 6.34. The lowest BCUT2D eigenvalue weighted by Crippen LogP contribution is -2.56. The zero-order valence-electron chi connectivity index (χ0n) is 15.2. The second-order valence-corrected chi connectivity index (χ2v) is 8.41. The molecule has 0 amide bonds. The minimum Gasteiger partial charge on any atom is -0.386 e. The van der Waals surface area contributed by atoms with Crippen LogP contribution in [0, 0.1) is 11.7 Å². The molecule has 1 spiro atoms. The summed E-state index contributed by atoms with van der Waals surface area (Å²) in [5, 5.41) is 6.46. The van der Waals surface area contributed by atoms with Gasteiger partial charge in [-0.15, -0.1) is 0 Å². The molecule has 2 aromatic carbocycles. The number of hydrogen-bond acceptors (Lipinski definition) is 4. The Kier molecular flexibility index (Phi) is 4.56. The first-order chi connectivity index (χ1) is 14.2. The zero-order valence-corrected chi connectivity index (χ0v) is 16.7. The van der Waals surface area contributed by atoms with E-state index in [1.165, 1.54) is 0 Å². The van der Waals surface area contributed by atoms with Crippen LogP contribution in [0.4, 0.5) is 17.6 Å². The summed E-state index contributed by atoms with van der Waals surface area (Å²) in [5.74, 6) is -3.19. The van der Waals surface area contributed by atoms with Crippen LogP contribution in [0.2, 0.25) is 10.0 Å². The van der Waals surface area contributed by atoms with Crippen molar-refractivity contribution in [2.45, 2.75) is 24.5 Å². The number of hydrogen-bond donors (Lipinski definition) is 1. The van der Waals surface area contributed by atoms with Crippen LogP contribution in [0.1, 0.15) is 28.4 Å². The molecule has 2 unspecified atom stereocenters. The molecule has 0 saturated carbocycles. The summed E-state index contributed by atoms with van der Waals surface area (Å²) in [4.78, 5) is 5.10. The Morgan fingerprint density at radius 2 is 1.90 bits per heavy atom. The van der Waals surface area contributed by atoms with Gasteiger partial charge in [-0.3, -0.25) is 0 Å². The monoisotopic (exact) mass is 460 g/mol. The summed E-state index contributed by atoms with van der Waals surface area (Å²) in [7, 11) is 0. The molecule has 158 valence electrons. The van der Waals surface area contributed by atoms with Crippen molar-refractivity contribution in [2.24, 2.45) is 11.1 Å². The fraction of sp³-hybridized carbons (Fsp3) is 0.350. The van der Waals surface area contributed by atoms with Crippen LogP contribution >= 0.6 is 23.2 Å². The predicted octanol–water partition coefficient (Wildman–Crippen LogP) is 5.12. The van der Waals surface area contributed by atoms with Gasteiger partial charge in [-0.05, 0) is 29.3 Å². The Bertz CT molecular complexity index is 1070. The summed E-state index contributed by atoms with van der Waals surface area (Å²) < 4.78 is 62.5. The lowest BCUT2D eigenvalue weighted by atomic mass is 9.84. The molecular weight excluding hydrogens is 447 g/mol. The molecule has 1 N–H and O–H groups in total. The number of benzene rings is 2. The Hall–Kier alpha value is -1.87. The van der Waals surface area contributed by atoms with Gasteiger partial charge in [0.1, 0.15) is 23.0 Å². The normalized spacial score (nSPS) is 24.4. The minimum absolute atomic E-state index is 0.00320. The van der Waals surface area contributed by atoms with E-state index in [9.17, 15) is 17.6 Å². The van der Waals surface area contributed by atoms with Crippen LogP contribution in [0.3, 0.4) is 0 Å². The fourth-order valence-corrected chi connectivity index (χ4v) is 4.72. The van der Waals surface area contributed by atoms with Gasteiger partial charge < -0.3 is 14.9 Å². The topological polar surface area (TPSA) is 42.9 Å². The first kappa shape index (κ1) is 20.1. The number of fused-ring (bicyclic) bond motifs is 2. The molecule has 3 aliphatic heterocycles. The molecule has 1 saturated heterocycles. The maximum atomic E-state index is 14.5. The number of nitrogens with one attached hydrogen (secondary N) is 1. The Balaban J connectivity index is 1.54. The third kappa shape index (κ3) is 3.00. The second kappa shape index (κ2) is 6.82. The van der Waals surface area contributed by atoms with Crippen LogP contribution in [0.5, 0.6) is 0 Å². The first-order valence-electron chi connectivity index (χ1n) is 9.13. The van der Waals surface area contributed by atoms with E-state index in [1.807, 2.05) is 0 Å². The van der Waals surface area contributed by atoms with Gasteiger partial charge in [0.2, 0.25) is 0 Å². The summed E-state index contributed by atoms with van der Waals surface area (Å²) in [5.41, 5.74) is 0.889. The fourth-order valence-electron chi connectivity index (χ4n) is 4.21. The molecule has 0 aromatic heterocycles. The van der Waals surface area contributed by atoms with Crippen molar-refractivity contribution >= 4 is 28.9 Å². The number of nitrogens with zero attached hydrogens (tertiary/aromatic N) is 1. The van der Waals surface area contributed by atoms with E-state index in [-0.39, 0.29) is 21.3 Å². The third-order valence-electron chi connectivity index (χ3n) is 5.76. The number of rotatable bonds is 2. The van der Waals surface area contributed by atoms with Crippen molar-refractivity contribution in [1.29, 1.82) is 0 Å². The average Bonchev–Trinajstić information content (AvgIpc) is 3.25. The van der Waals surface area contributed by atoms with Crippen LogP contribution in [0.15, 0.2) is 35.5 Å². The summed E-state index contributed by atoms with van der Waals surface area (Å²) in [6, 6.07) is 7.16. The SMILES string of the molecule is Fc1c(Cl)cc(Cl)cc1C1ON=C(c2ccc3c(c2)COC32CNC2)C1C(F)(F)F. The van der Waals surface area contributed by atoms with Crippen molar-refractivity contribution < 1.29 is 27.1 Å². The van der Waals surface area contributed by atoms with Crippen LogP contribution in [-0.2, 0) is 21.8 Å². The Morgan fingerprint density at radius 3 is 2.57 bits per heavy atom. The lowest BCUT2D eigenvalue weighted by molar-refractivity contribution is -0.178. The zero-order chi connectivity index (χ0) is 21.3. The Labute approximate surface area is 178 Å². The van der Waals surface area contributed by atoms with E-state index in [0.29, 0.717) is 19.7 Å². The van der Waals surface area contributed by atoms with Gasteiger partial charge in [0, 0.05) is 29.2 Å². The molecule has 0 radical (unpaired) electrons. The second-order valence-electron chi connectivity index (χ2n) is 7.57. The quantitative estimate of drug-likeness (QED) is 0.499. The number of halogens is 6. The number of oxime groups is 1. The van der Waals surface area contributed by atoms with E-state index >= 15 is 0 Å². The van der Waals surface area contributed by atoms with E-state index in [1.54, 1.807) is 18.2 Å². The highest BCUT2D eigenvalue weighted by atomic mass is 35.5.